The van der Waals surface area contributed by atoms with Crippen molar-refractivity contribution < 1.29 is 9.84 Å². The topological polar surface area (TPSA) is 29.5 Å². The van der Waals surface area contributed by atoms with Crippen molar-refractivity contribution >= 4 is 0 Å². The molecule has 0 bridgehead atoms. The second-order valence-electron chi connectivity index (χ2n) is 4.26. The van der Waals surface area contributed by atoms with E-state index in [0.717, 1.165) is 6.42 Å². The fraction of sp³-hybridized carbons (Fsp3) is 1.00. The Morgan fingerprint density at radius 3 is 3.00 bits per heavy atom. The van der Waals surface area contributed by atoms with Gasteiger partial charge in [0.1, 0.15) is 0 Å². The Labute approximate surface area is 73.9 Å². The predicted molar refractivity (Wildman–Crippen MR) is 46.9 cm³/mol. The molecule has 1 aliphatic heterocycles. The fourth-order valence-electron chi connectivity index (χ4n) is 2.79. The van der Waals surface area contributed by atoms with Crippen LogP contribution in [0.3, 0.4) is 0 Å². The smallest absolute Gasteiger partial charge is 0.0611 e. The van der Waals surface area contributed by atoms with Gasteiger partial charge in [0.25, 0.3) is 0 Å². The second-order valence-corrected chi connectivity index (χ2v) is 4.26. The highest BCUT2D eigenvalue weighted by Gasteiger charge is 2.39. The molecule has 0 spiro atoms. The molecule has 2 aliphatic rings. The van der Waals surface area contributed by atoms with Gasteiger partial charge < -0.3 is 9.84 Å². The van der Waals surface area contributed by atoms with E-state index in [9.17, 15) is 0 Å². The summed E-state index contributed by atoms with van der Waals surface area (Å²) in [5.74, 6) is 1.17. The zero-order valence-electron chi connectivity index (χ0n) is 7.70. The molecule has 1 N–H and O–H groups in total. The lowest BCUT2D eigenvalue weighted by Gasteiger charge is -2.31. The molecule has 12 heavy (non-hydrogen) atoms. The lowest BCUT2D eigenvalue weighted by molar-refractivity contribution is 0.00330. The van der Waals surface area contributed by atoms with Crippen molar-refractivity contribution in [3.63, 3.8) is 0 Å². The molecule has 4 atom stereocenters. The molecule has 1 saturated carbocycles. The van der Waals surface area contributed by atoms with Crippen molar-refractivity contribution in [3.05, 3.63) is 0 Å². The molecule has 2 rings (SSSR count). The summed E-state index contributed by atoms with van der Waals surface area (Å²) < 4.78 is 5.79. The summed E-state index contributed by atoms with van der Waals surface area (Å²) in [5.41, 5.74) is 0. The maximum Gasteiger partial charge on any atom is 0.0611 e. The molecule has 1 aliphatic carbocycles. The van der Waals surface area contributed by atoms with Gasteiger partial charge in [-0.1, -0.05) is 6.42 Å². The number of rotatable bonds is 1. The molecular formula is C10H18O2. The molecule has 0 unspecified atom stereocenters. The molecule has 0 amide bonds. The van der Waals surface area contributed by atoms with Crippen LogP contribution < -0.4 is 0 Å². The number of ether oxygens (including phenoxy) is 1. The van der Waals surface area contributed by atoms with E-state index >= 15 is 0 Å². The van der Waals surface area contributed by atoms with E-state index < -0.39 is 0 Å². The highest BCUT2D eigenvalue weighted by atomic mass is 16.5. The lowest BCUT2D eigenvalue weighted by Crippen LogP contribution is -2.30. The van der Waals surface area contributed by atoms with Gasteiger partial charge in [0.2, 0.25) is 0 Å². The number of hydrogen-bond acceptors (Lipinski definition) is 2. The van der Waals surface area contributed by atoms with E-state index in [0.29, 0.717) is 30.7 Å². The first kappa shape index (κ1) is 8.52. The Bertz CT molecular complexity index is 152. The first-order chi connectivity index (χ1) is 5.81. The Hall–Kier alpha value is -0.0800. The van der Waals surface area contributed by atoms with Crippen molar-refractivity contribution in [1.29, 1.82) is 0 Å². The minimum Gasteiger partial charge on any atom is -0.396 e. The van der Waals surface area contributed by atoms with E-state index in [1.54, 1.807) is 0 Å². The molecule has 0 aromatic carbocycles. The number of aliphatic hydroxyl groups is 1. The van der Waals surface area contributed by atoms with Gasteiger partial charge in [0.05, 0.1) is 12.2 Å². The van der Waals surface area contributed by atoms with Gasteiger partial charge in [-0.25, -0.2) is 0 Å². The first-order valence-corrected chi connectivity index (χ1v) is 5.07. The Balaban J connectivity index is 2.02. The van der Waals surface area contributed by atoms with Crippen LogP contribution in [0, 0.1) is 11.8 Å². The number of hydrogen-bond donors (Lipinski definition) is 1. The van der Waals surface area contributed by atoms with E-state index in [1.807, 2.05) is 0 Å². The van der Waals surface area contributed by atoms with E-state index in [4.69, 9.17) is 9.84 Å². The lowest BCUT2D eigenvalue weighted by atomic mass is 9.77. The second kappa shape index (κ2) is 3.35. The summed E-state index contributed by atoms with van der Waals surface area (Å²) in [6.07, 6.45) is 5.70. The number of aliphatic hydroxyl groups excluding tert-OH is 1. The molecule has 0 aromatic rings. The highest BCUT2D eigenvalue weighted by Crippen LogP contribution is 2.40. The van der Waals surface area contributed by atoms with Crippen LogP contribution in [0.25, 0.3) is 0 Å². The molecule has 2 heteroatoms. The Morgan fingerprint density at radius 2 is 2.25 bits per heavy atom. The minimum absolute atomic E-state index is 0.358. The average molecular weight is 170 g/mol. The van der Waals surface area contributed by atoms with Crippen LogP contribution >= 0.6 is 0 Å². The van der Waals surface area contributed by atoms with Crippen LogP contribution in [0.4, 0.5) is 0 Å². The maximum atomic E-state index is 9.17. The van der Waals surface area contributed by atoms with Gasteiger partial charge in [-0.05, 0) is 38.0 Å². The van der Waals surface area contributed by atoms with Gasteiger partial charge in [-0.3, -0.25) is 0 Å². The third-order valence-electron chi connectivity index (χ3n) is 3.39. The SMILES string of the molecule is C[C@@H]1C[C@@H]2[C@@H](CO)CCC[C@@H]2O1. The third kappa shape index (κ3) is 1.38. The first-order valence-electron chi connectivity index (χ1n) is 5.07. The van der Waals surface area contributed by atoms with Crippen LogP contribution in [-0.2, 0) is 4.74 Å². The van der Waals surface area contributed by atoms with Gasteiger partial charge >= 0.3 is 0 Å². The van der Waals surface area contributed by atoms with Crippen LogP contribution in [0.1, 0.15) is 32.6 Å². The molecule has 0 aromatic heterocycles. The Kier molecular flexibility index (Phi) is 2.37. The molecule has 1 heterocycles. The monoisotopic (exact) mass is 170 g/mol. The Morgan fingerprint density at radius 1 is 1.42 bits per heavy atom. The van der Waals surface area contributed by atoms with E-state index in [1.165, 1.54) is 19.3 Å². The summed E-state index contributed by atoms with van der Waals surface area (Å²) in [6.45, 7) is 2.50. The van der Waals surface area contributed by atoms with Crippen molar-refractivity contribution in [2.24, 2.45) is 11.8 Å². The summed E-state index contributed by atoms with van der Waals surface area (Å²) in [5, 5.41) is 9.17. The summed E-state index contributed by atoms with van der Waals surface area (Å²) in [7, 11) is 0. The van der Waals surface area contributed by atoms with Crippen LogP contribution in [0.2, 0.25) is 0 Å². The molecule has 1 saturated heterocycles. The van der Waals surface area contributed by atoms with Crippen LogP contribution in [0.15, 0.2) is 0 Å². The van der Waals surface area contributed by atoms with Crippen molar-refractivity contribution in [3.8, 4) is 0 Å². The molecule has 2 fully saturated rings. The van der Waals surface area contributed by atoms with E-state index in [-0.39, 0.29) is 0 Å². The van der Waals surface area contributed by atoms with Gasteiger partial charge in [-0.2, -0.15) is 0 Å². The van der Waals surface area contributed by atoms with Crippen molar-refractivity contribution in [2.75, 3.05) is 6.61 Å². The molecule has 70 valence electrons. The quantitative estimate of drug-likeness (QED) is 0.647. The average Bonchev–Trinajstić information content (AvgIpc) is 2.44. The minimum atomic E-state index is 0.358. The predicted octanol–water partition coefficient (Wildman–Crippen LogP) is 1.57. The zero-order valence-corrected chi connectivity index (χ0v) is 7.70. The van der Waals surface area contributed by atoms with Crippen LogP contribution in [0.5, 0.6) is 0 Å². The molecule has 2 nitrogen and oxygen atoms in total. The van der Waals surface area contributed by atoms with Gasteiger partial charge in [-0.15, -0.1) is 0 Å². The molecular weight excluding hydrogens is 152 g/mol. The fourth-order valence-corrected chi connectivity index (χ4v) is 2.79. The van der Waals surface area contributed by atoms with Crippen LogP contribution in [-0.4, -0.2) is 23.9 Å². The summed E-state index contributed by atoms with van der Waals surface area (Å²) >= 11 is 0. The van der Waals surface area contributed by atoms with E-state index in [2.05, 4.69) is 6.92 Å². The third-order valence-corrected chi connectivity index (χ3v) is 3.39. The maximum absolute atomic E-state index is 9.17. The normalized spacial score (nSPS) is 47.5. The van der Waals surface area contributed by atoms with Gasteiger partial charge in [0.15, 0.2) is 0 Å². The molecule has 0 radical (unpaired) electrons. The summed E-state index contributed by atoms with van der Waals surface area (Å²) in [4.78, 5) is 0. The van der Waals surface area contributed by atoms with Crippen molar-refractivity contribution in [2.45, 2.75) is 44.8 Å². The summed E-state index contributed by atoms with van der Waals surface area (Å²) in [6, 6.07) is 0. The number of fused-ring (bicyclic) bond motifs is 1. The highest BCUT2D eigenvalue weighted by molar-refractivity contribution is 4.88. The van der Waals surface area contributed by atoms with Gasteiger partial charge in [0, 0.05) is 6.61 Å². The zero-order chi connectivity index (χ0) is 8.55. The largest absolute Gasteiger partial charge is 0.396 e. The standard InChI is InChI=1S/C10H18O2/c1-7-5-9-8(6-11)3-2-4-10(9)12-7/h7-11H,2-6H2,1H3/t7-,8-,9-,10+/m1/s1. The van der Waals surface area contributed by atoms with Crippen molar-refractivity contribution in [1.82, 2.24) is 0 Å².